The van der Waals surface area contributed by atoms with Gasteiger partial charge in [0.15, 0.2) is 0 Å². The van der Waals surface area contributed by atoms with Gasteiger partial charge in [-0.25, -0.2) is 4.39 Å². The molecule has 0 bridgehead atoms. The van der Waals surface area contributed by atoms with Crippen LogP contribution < -0.4 is 11.1 Å². The maximum atomic E-state index is 12.9. The normalized spacial score (nSPS) is 11.9. The predicted octanol–water partition coefficient (Wildman–Crippen LogP) is 3.66. The Kier molecular flexibility index (Phi) is 4.39. The summed E-state index contributed by atoms with van der Waals surface area (Å²) in [5.41, 5.74) is 7.44. The molecule has 1 unspecified atom stereocenters. The number of hydrogen-bond acceptors (Lipinski definition) is 2. The smallest absolute Gasteiger partial charge is 0.253 e. The first kappa shape index (κ1) is 14.5. The highest BCUT2D eigenvalue weighted by Gasteiger charge is 2.14. The van der Waals surface area contributed by atoms with Crippen LogP contribution in [0.4, 0.5) is 10.1 Å². The van der Waals surface area contributed by atoms with Gasteiger partial charge in [-0.05, 0) is 42.8 Å². The van der Waals surface area contributed by atoms with E-state index in [1.165, 1.54) is 12.1 Å². The average Bonchev–Trinajstić information content (AvgIpc) is 2.42. The van der Waals surface area contributed by atoms with Crippen LogP contribution in [-0.2, 0) is 0 Å². The summed E-state index contributed by atoms with van der Waals surface area (Å²) in [4.78, 5) is 12.2. The number of carbonyl (C=O) groups excluding carboxylic acids is 1. The molecule has 20 heavy (non-hydrogen) atoms. The van der Waals surface area contributed by atoms with Gasteiger partial charge in [-0.15, -0.1) is 0 Å². The molecule has 1 amide bonds. The molecule has 0 radical (unpaired) electrons. The predicted molar refractivity (Wildman–Crippen MR) is 80.8 cm³/mol. The number of carbonyl (C=O) groups is 1. The largest absolute Gasteiger partial charge is 0.398 e. The SMILES string of the molecule is CC(NC(=O)c1cc(Br)ccc1N)c1ccc(F)cc1. The molecule has 1 atom stereocenters. The van der Waals surface area contributed by atoms with Crippen LogP contribution in [0.15, 0.2) is 46.9 Å². The second-order valence-corrected chi connectivity index (χ2v) is 5.39. The quantitative estimate of drug-likeness (QED) is 0.840. The van der Waals surface area contributed by atoms with E-state index in [0.29, 0.717) is 11.3 Å². The van der Waals surface area contributed by atoms with E-state index in [2.05, 4.69) is 21.2 Å². The maximum Gasteiger partial charge on any atom is 0.253 e. The summed E-state index contributed by atoms with van der Waals surface area (Å²) in [6, 6.07) is 10.9. The van der Waals surface area contributed by atoms with Crippen molar-refractivity contribution in [3.63, 3.8) is 0 Å². The van der Waals surface area contributed by atoms with Crippen molar-refractivity contribution in [3.05, 3.63) is 63.9 Å². The molecule has 2 aromatic carbocycles. The molecule has 0 aromatic heterocycles. The second kappa shape index (κ2) is 6.05. The van der Waals surface area contributed by atoms with E-state index in [4.69, 9.17) is 5.73 Å². The molecule has 0 fully saturated rings. The van der Waals surface area contributed by atoms with Gasteiger partial charge in [-0.2, -0.15) is 0 Å². The summed E-state index contributed by atoms with van der Waals surface area (Å²) >= 11 is 3.31. The Morgan fingerprint density at radius 3 is 2.55 bits per heavy atom. The molecule has 5 heteroatoms. The number of nitrogen functional groups attached to an aromatic ring is 1. The standard InChI is InChI=1S/C15H14BrFN2O/c1-9(10-2-5-12(17)6-3-10)19-15(20)13-8-11(16)4-7-14(13)18/h2-9H,18H2,1H3,(H,19,20). The number of benzene rings is 2. The lowest BCUT2D eigenvalue weighted by Crippen LogP contribution is -2.27. The second-order valence-electron chi connectivity index (χ2n) is 4.48. The number of nitrogens with two attached hydrogens (primary N) is 1. The molecule has 0 aliphatic carbocycles. The summed E-state index contributed by atoms with van der Waals surface area (Å²) in [5, 5.41) is 2.84. The Balaban J connectivity index is 2.15. The Labute approximate surface area is 125 Å². The molecule has 0 spiro atoms. The van der Waals surface area contributed by atoms with Crippen LogP contribution in [0.5, 0.6) is 0 Å². The molecular formula is C15H14BrFN2O. The highest BCUT2D eigenvalue weighted by Crippen LogP contribution is 2.20. The lowest BCUT2D eigenvalue weighted by atomic mass is 10.1. The fourth-order valence-electron chi connectivity index (χ4n) is 1.83. The minimum atomic E-state index is -0.302. The molecule has 2 rings (SSSR count). The number of anilines is 1. The fraction of sp³-hybridized carbons (Fsp3) is 0.133. The molecule has 0 heterocycles. The molecule has 0 saturated heterocycles. The third-order valence-corrected chi connectivity index (χ3v) is 3.47. The topological polar surface area (TPSA) is 55.1 Å². The van der Waals surface area contributed by atoms with E-state index in [1.54, 1.807) is 30.3 Å². The summed E-state index contributed by atoms with van der Waals surface area (Å²) in [6.45, 7) is 1.83. The minimum absolute atomic E-state index is 0.235. The average molecular weight is 337 g/mol. The molecule has 0 saturated carbocycles. The fourth-order valence-corrected chi connectivity index (χ4v) is 2.20. The molecule has 0 aliphatic rings. The van der Waals surface area contributed by atoms with Crippen LogP contribution in [0, 0.1) is 5.82 Å². The van der Waals surface area contributed by atoms with Crippen molar-refractivity contribution < 1.29 is 9.18 Å². The number of hydrogen-bond donors (Lipinski definition) is 2. The summed E-state index contributed by atoms with van der Waals surface area (Å²) in [7, 11) is 0. The zero-order valence-electron chi connectivity index (χ0n) is 10.9. The van der Waals surface area contributed by atoms with Crippen LogP contribution >= 0.6 is 15.9 Å². The van der Waals surface area contributed by atoms with Gasteiger partial charge in [0, 0.05) is 10.2 Å². The van der Waals surface area contributed by atoms with E-state index in [0.717, 1.165) is 10.0 Å². The van der Waals surface area contributed by atoms with Crippen molar-refractivity contribution in [2.24, 2.45) is 0 Å². The van der Waals surface area contributed by atoms with Gasteiger partial charge in [0.05, 0.1) is 11.6 Å². The van der Waals surface area contributed by atoms with Crippen molar-refractivity contribution in [2.45, 2.75) is 13.0 Å². The number of rotatable bonds is 3. The van der Waals surface area contributed by atoms with Crippen LogP contribution in [0.3, 0.4) is 0 Å². The van der Waals surface area contributed by atoms with Gasteiger partial charge in [0.25, 0.3) is 5.91 Å². The molecular weight excluding hydrogens is 323 g/mol. The van der Waals surface area contributed by atoms with E-state index >= 15 is 0 Å². The Hall–Kier alpha value is -1.88. The van der Waals surface area contributed by atoms with Crippen LogP contribution in [0.25, 0.3) is 0 Å². The van der Waals surface area contributed by atoms with Crippen LogP contribution in [0.2, 0.25) is 0 Å². The van der Waals surface area contributed by atoms with Crippen molar-refractivity contribution in [2.75, 3.05) is 5.73 Å². The van der Waals surface area contributed by atoms with E-state index in [-0.39, 0.29) is 17.8 Å². The monoisotopic (exact) mass is 336 g/mol. The Morgan fingerprint density at radius 2 is 1.90 bits per heavy atom. The lowest BCUT2D eigenvalue weighted by Gasteiger charge is -2.15. The Morgan fingerprint density at radius 1 is 1.25 bits per heavy atom. The first-order chi connectivity index (χ1) is 9.47. The van der Waals surface area contributed by atoms with Gasteiger partial charge >= 0.3 is 0 Å². The van der Waals surface area contributed by atoms with E-state index in [1.807, 2.05) is 6.92 Å². The van der Waals surface area contributed by atoms with Crippen LogP contribution in [-0.4, -0.2) is 5.91 Å². The number of nitrogens with one attached hydrogen (secondary N) is 1. The van der Waals surface area contributed by atoms with Crippen molar-refractivity contribution >= 4 is 27.5 Å². The number of amides is 1. The van der Waals surface area contributed by atoms with Crippen molar-refractivity contribution in [1.29, 1.82) is 0 Å². The van der Waals surface area contributed by atoms with Crippen molar-refractivity contribution in [1.82, 2.24) is 5.32 Å². The summed E-state index contributed by atoms with van der Waals surface area (Å²) < 4.78 is 13.6. The first-order valence-electron chi connectivity index (χ1n) is 6.08. The lowest BCUT2D eigenvalue weighted by molar-refractivity contribution is 0.0940. The zero-order chi connectivity index (χ0) is 14.7. The van der Waals surface area contributed by atoms with Gasteiger partial charge < -0.3 is 11.1 Å². The van der Waals surface area contributed by atoms with Crippen LogP contribution in [0.1, 0.15) is 28.9 Å². The molecule has 104 valence electrons. The third-order valence-electron chi connectivity index (χ3n) is 2.98. The van der Waals surface area contributed by atoms with Gasteiger partial charge in [-0.3, -0.25) is 4.79 Å². The Bertz CT molecular complexity index is 628. The van der Waals surface area contributed by atoms with E-state index < -0.39 is 0 Å². The van der Waals surface area contributed by atoms with Gasteiger partial charge in [0.2, 0.25) is 0 Å². The van der Waals surface area contributed by atoms with Crippen molar-refractivity contribution in [3.8, 4) is 0 Å². The van der Waals surface area contributed by atoms with E-state index in [9.17, 15) is 9.18 Å². The molecule has 3 N–H and O–H groups in total. The first-order valence-corrected chi connectivity index (χ1v) is 6.88. The number of halogens is 2. The zero-order valence-corrected chi connectivity index (χ0v) is 12.4. The van der Waals surface area contributed by atoms with Gasteiger partial charge in [0.1, 0.15) is 5.82 Å². The highest BCUT2D eigenvalue weighted by atomic mass is 79.9. The molecule has 0 aliphatic heterocycles. The van der Waals surface area contributed by atoms with Gasteiger partial charge in [-0.1, -0.05) is 28.1 Å². The summed E-state index contributed by atoms with van der Waals surface area (Å²) in [6.07, 6.45) is 0. The maximum absolute atomic E-state index is 12.9. The minimum Gasteiger partial charge on any atom is -0.398 e. The highest BCUT2D eigenvalue weighted by molar-refractivity contribution is 9.10. The molecule has 3 nitrogen and oxygen atoms in total. The summed E-state index contributed by atoms with van der Waals surface area (Å²) in [5.74, 6) is -0.566. The third kappa shape index (κ3) is 3.36. The molecule has 2 aromatic rings.